The van der Waals surface area contributed by atoms with Crippen molar-refractivity contribution in [2.75, 3.05) is 26.4 Å². The highest BCUT2D eigenvalue weighted by Crippen LogP contribution is 2.30. The summed E-state index contributed by atoms with van der Waals surface area (Å²) in [4.78, 5) is 47.0. The number of hydrogen-bond acceptors (Lipinski definition) is 12. The summed E-state index contributed by atoms with van der Waals surface area (Å²) in [7, 11) is 0. The van der Waals surface area contributed by atoms with Gasteiger partial charge in [-0.25, -0.2) is 14.4 Å². The van der Waals surface area contributed by atoms with E-state index >= 15 is 0 Å². The van der Waals surface area contributed by atoms with Gasteiger partial charge in [-0.2, -0.15) is 0 Å². The third-order valence-corrected chi connectivity index (χ3v) is 3.85. The normalized spacial score (nSPS) is 12.0. The van der Waals surface area contributed by atoms with E-state index in [0.717, 1.165) is 0 Å². The Morgan fingerprint density at radius 1 is 0.853 bits per heavy atom. The Labute approximate surface area is 197 Å². The molecule has 0 saturated carbocycles. The Morgan fingerprint density at radius 3 is 2.06 bits per heavy atom. The molecule has 0 aliphatic heterocycles. The zero-order valence-electron chi connectivity index (χ0n) is 19.7. The van der Waals surface area contributed by atoms with Crippen LogP contribution in [0.15, 0.2) is 18.2 Å². The molecule has 0 amide bonds. The Hall–Kier alpha value is -3.54. The molecule has 2 N–H and O–H groups in total. The molecule has 12 heteroatoms. The summed E-state index contributed by atoms with van der Waals surface area (Å²) in [5.41, 5.74) is 6.41. The quantitative estimate of drug-likeness (QED) is 0.262. The van der Waals surface area contributed by atoms with Crippen molar-refractivity contribution in [2.24, 2.45) is 5.73 Å². The van der Waals surface area contributed by atoms with Crippen molar-refractivity contribution in [3.05, 3.63) is 23.8 Å². The first kappa shape index (κ1) is 28.5. The van der Waals surface area contributed by atoms with Gasteiger partial charge >= 0.3 is 24.4 Å². The fourth-order valence-corrected chi connectivity index (χ4v) is 2.39. The van der Waals surface area contributed by atoms with Crippen LogP contribution in [-0.4, -0.2) is 63.0 Å². The Bertz CT molecular complexity index is 827. The van der Waals surface area contributed by atoms with Gasteiger partial charge in [-0.15, -0.1) is 0 Å². The van der Waals surface area contributed by atoms with E-state index in [0.29, 0.717) is 12.0 Å². The van der Waals surface area contributed by atoms with Gasteiger partial charge in [0.25, 0.3) is 0 Å². The van der Waals surface area contributed by atoms with Crippen molar-refractivity contribution in [1.82, 2.24) is 0 Å². The lowest BCUT2D eigenvalue weighted by Gasteiger charge is -2.17. The van der Waals surface area contributed by atoms with Crippen molar-refractivity contribution >= 4 is 24.4 Å². The summed E-state index contributed by atoms with van der Waals surface area (Å²) in [5, 5.41) is 0. The molecule has 0 aliphatic carbocycles. The molecule has 0 aromatic heterocycles. The molecular weight excluding hydrogens is 454 g/mol. The average Bonchev–Trinajstić information content (AvgIpc) is 2.78. The summed E-state index contributed by atoms with van der Waals surface area (Å²) < 4.78 is 34.4. The zero-order chi connectivity index (χ0) is 25.5. The molecule has 0 radical (unpaired) electrons. The SMILES string of the molecule is CCCOC(=O)OC[C@H](C)OC(=O)[C@@H](N)Cc1ccc(OC(=O)OCC)c(OC(=O)OCC)c1. The first-order valence-electron chi connectivity index (χ1n) is 10.8. The summed E-state index contributed by atoms with van der Waals surface area (Å²) in [6, 6.07) is 3.17. The minimum absolute atomic E-state index is 0.00379. The summed E-state index contributed by atoms with van der Waals surface area (Å²) in [5.74, 6) is -0.957. The number of benzene rings is 1. The zero-order valence-corrected chi connectivity index (χ0v) is 19.7. The second kappa shape index (κ2) is 15.3. The van der Waals surface area contributed by atoms with E-state index in [1.807, 2.05) is 6.92 Å². The van der Waals surface area contributed by atoms with Crippen LogP contribution in [0.3, 0.4) is 0 Å². The fourth-order valence-electron chi connectivity index (χ4n) is 2.39. The van der Waals surface area contributed by atoms with E-state index in [2.05, 4.69) is 0 Å². The molecule has 0 spiro atoms. The van der Waals surface area contributed by atoms with Gasteiger partial charge in [0.2, 0.25) is 0 Å². The number of carbonyl (C=O) groups is 4. The predicted molar refractivity (Wildman–Crippen MR) is 117 cm³/mol. The van der Waals surface area contributed by atoms with Gasteiger partial charge in [-0.05, 0) is 51.3 Å². The van der Waals surface area contributed by atoms with Gasteiger partial charge in [0.05, 0.1) is 19.8 Å². The van der Waals surface area contributed by atoms with Crippen LogP contribution in [0.5, 0.6) is 11.5 Å². The highest BCUT2D eigenvalue weighted by Gasteiger charge is 2.22. The van der Waals surface area contributed by atoms with E-state index < -0.39 is 36.6 Å². The van der Waals surface area contributed by atoms with Crippen molar-refractivity contribution in [3.8, 4) is 11.5 Å². The van der Waals surface area contributed by atoms with Crippen LogP contribution < -0.4 is 15.2 Å². The van der Waals surface area contributed by atoms with Gasteiger partial charge in [-0.3, -0.25) is 4.79 Å². The molecule has 0 fully saturated rings. The Balaban J connectivity index is 2.77. The largest absolute Gasteiger partial charge is 0.513 e. The topological polar surface area (TPSA) is 159 Å². The number of nitrogens with two attached hydrogens (primary N) is 1. The molecule has 190 valence electrons. The van der Waals surface area contributed by atoms with E-state index in [-0.39, 0.29) is 44.3 Å². The molecule has 0 unspecified atom stereocenters. The van der Waals surface area contributed by atoms with Crippen LogP contribution in [0.2, 0.25) is 0 Å². The molecule has 1 aromatic carbocycles. The second-order valence-electron chi connectivity index (χ2n) is 6.82. The minimum atomic E-state index is -1.08. The molecule has 1 aromatic rings. The lowest BCUT2D eigenvalue weighted by atomic mass is 10.1. The number of carbonyl (C=O) groups excluding carboxylic acids is 4. The minimum Gasteiger partial charge on any atom is -0.458 e. The molecule has 2 atom stereocenters. The third-order valence-electron chi connectivity index (χ3n) is 3.85. The lowest BCUT2D eigenvalue weighted by molar-refractivity contribution is -0.152. The molecule has 0 aliphatic rings. The molecule has 0 heterocycles. The van der Waals surface area contributed by atoms with Gasteiger partial charge in [0.15, 0.2) is 11.5 Å². The molecular formula is C22H31NO11. The van der Waals surface area contributed by atoms with Crippen molar-refractivity contribution in [3.63, 3.8) is 0 Å². The summed E-state index contributed by atoms with van der Waals surface area (Å²) >= 11 is 0. The Kier molecular flexibility index (Phi) is 12.8. The van der Waals surface area contributed by atoms with E-state index in [1.54, 1.807) is 13.8 Å². The highest BCUT2D eigenvalue weighted by atomic mass is 16.7. The molecule has 12 nitrogen and oxygen atoms in total. The first-order valence-corrected chi connectivity index (χ1v) is 10.8. The second-order valence-corrected chi connectivity index (χ2v) is 6.82. The van der Waals surface area contributed by atoms with Gasteiger partial charge in [0, 0.05) is 0 Å². The molecule has 0 bridgehead atoms. The maximum Gasteiger partial charge on any atom is 0.513 e. The predicted octanol–water partition coefficient (Wildman–Crippen LogP) is 3.12. The maximum absolute atomic E-state index is 12.3. The van der Waals surface area contributed by atoms with Crippen LogP contribution in [0.1, 0.15) is 39.7 Å². The lowest BCUT2D eigenvalue weighted by Crippen LogP contribution is -2.37. The third kappa shape index (κ3) is 10.9. The van der Waals surface area contributed by atoms with E-state index in [4.69, 9.17) is 38.9 Å². The highest BCUT2D eigenvalue weighted by molar-refractivity contribution is 5.76. The van der Waals surface area contributed by atoms with Crippen molar-refractivity contribution < 1.29 is 52.3 Å². The maximum atomic E-state index is 12.3. The fraction of sp³-hybridized carbons (Fsp3) is 0.545. The number of rotatable bonds is 12. The van der Waals surface area contributed by atoms with Gasteiger partial charge < -0.3 is 38.9 Å². The van der Waals surface area contributed by atoms with Crippen molar-refractivity contribution in [1.29, 1.82) is 0 Å². The first-order chi connectivity index (χ1) is 16.2. The molecule has 0 saturated heterocycles. The van der Waals surface area contributed by atoms with Crippen LogP contribution in [0.25, 0.3) is 0 Å². The smallest absolute Gasteiger partial charge is 0.458 e. The Morgan fingerprint density at radius 2 is 1.47 bits per heavy atom. The van der Waals surface area contributed by atoms with E-state index in [9.17, 15) is 19.2 Å². The standard InChI is InChI=1S/C22H31NO11/c1-5-10-30-20(25)31-13-14(4)32-19(24)16(23)11-15-8-9-17(33-21(26)28-6-2)18(12-15)34-22(27)29-7-3/h8-9,12,14,16H,5-7,10-11,13,23H2,1-4H3/t14-,16-/m0/s1. The van der Waals surface area contributed by atoms with Crippen LogP contribution in [-0.2, 0) is 34.9 Å². The summed E-state index contributed by atoms with van der Waals surface area (Å²) in [6.45, 7) is 6.76. The average molecular weight is 485 g/mol. The van der Waals surface area contributed by atoms with E-state index in [1.165, 1.54) is 25.1 Å². The van der Waals surface area contributed by atoms with Crippen molar-refractivity contribution in [2.45, 2.75) is 52.7 Å². The number of hydrogen-bond donors (Lipinski definition) is 1. The monoisotopic (exact) mass is 485 g/mol. The summed E-state index contributed by atoms with van der Waals surface area (Å²) in [6.07, 6.45) is -2.95. The molecule has 34 heavy (non-hydrogen) atoms. The van der Waals surface area contributed by atoms with Crippen LogP contribution in [0, 0.1) is 0 Å². The number of ether oxygens (including phenoxy) is 7. The molecule has 1 rings (SSSR count). The van der Waals surface area contributed by atoms with Crippen LogP contribution in [0.4, 0.5) is 14.4 Å². The van der Waals surface area contributed by atoms with Gasteiger partial charge in [0.1, 0.15) is 18.8 Å². The van der Waals surface area contributed by atoms with Gasteiger partial charge in [-0.1, -0.05) is 13.0 Å². The van der Waals surface area contributed by atoms with Crippen LogP contribution >= 0.6 is 0 Å². The number of esters is 1.